The maximum absolute atomic E-state index is 12.7. The third-order valence-electron chi connectivity index (χ3n) is 3.80. The van der Waals surface area contributed by atoms with E-state index in [4.69, 9.17) is 4.74 Å². The zero-order valence-electron chi connectivity index (χ0n) is 14.7. The minimum Gasteiger partial charge on any atom is -0.383 e. The molecule has 1 aromatic rings. The lowest BCUT2D eigenvalue weighted by Crippen LogP contribution is -2.44. The minimum atomic E-state index is -0.0431. The Morgan fingerprint density at radius 1 is 1.17 bits per heavy atom. The lowest BCUT2D eigenvalue weighted by molar-refractivity contribution is -0.141. The second kappa shape index (κ2) is 10.0. The van der Waals surface area contributed by atoms with Crippen LogP contribution in [0.3, 0.4) is 0 Å². The molecule has 0 aliphatic rings. The highest BCUT2D eigenvalue weighted by molar-refractivity contribution is 5.84. The highest BCUT2D eigenvalue weighted by atomic mass is 16.5. The van der Waals surface area contributed by atoms with Crippen molar-refractivity contribution in [2.45, 2.75) is 33.2 Å². The molecule has 6 heteroatoms. The monoisotopic (exact) mass is 323 g/mol. The SMILES string of the molecule is CCCN(CC(=O)N(CCOC)Cc1cccn1C)C(=O)CC. The van der Waals surface area contributed by atoms with Crippen molar-refractivity contribution in [3.8, 4) is 0 Å². The van der Waals surface area contributed by atoms with Crippen LogP contribution in [0.25, 0.3) is 0 Å². The molecule has 0 fully saturated rings. The topological polar surface area (TPSA) is 54.8 Å². The van der Waals surface area contributed by atoms with Crippen molar-refractivity contribution in [2.24, 2.45) is 7.05 Å². The summed E-state index contributed by atoms with van der Waals surface area (Å²) in [5.41, 5.74) is 1.05. The standard InChI is InChI=1S/C17H29N3O3/c1-5-9-19(16(21)6-2)14-17(22)20(11-12-23-4)13-15-8-7-10-18(15)3/h7-8,10H,5-6,9,11-14H2,1-4H3. The third kappa shape index (κ3) is 6.06. The van der Waals surface area contributed by atoms with Gasteiger partial charge in [0.05, 0.1) is 19.7 Å². The Bertz CT molecular complexity index is 499. The number of aryl methyl sites for hydroxylation is 1. The number of methoxy groups -OCH3 is 1. The lowest BCUT2D eigenvalue weighted by Gasteiger charge is -2.27. The fraction of sp³-hybridized carbons (Fsp3) is 0.647. The zero-order valence-corrected chi connectivity index (χ0v) is 14.7. The first-order chi connectivity index (χ1) is 11.0. The molecule has 0 saturated heterocycles. The normalized spacial score (nSPS) is 10.6. The number of aromatic nitrogens is 1. The van der Waals surface area contributed by atoms with Crippen molar-refractivity contribution in [1.82, 2.24) is 14.4 Å². The van der Waals surface area contributed by atoms with Gasteiger partial charge in [0.15, 0.2) is 0 Å². The molecule has 0 spiro atoms. The summed E-state index contributed by atoms with van der Waals surface area (Å²) in [5, 5.41) is 0. The first-order valence-corrected chi connectivity index (χ1v) is 8.18. The molecule has 0 atom stereocenters. The average molecular weight is 323 g/mol. The zero-order chi connectivity index (χ0) is 17.2. The van der Waals surface area contributed by atoms with E-state index in [-0.39, 0.29) is 18.4 Å². The Kier molecular flexibility index (Phi) is 8.40. The van der Waals surface area contributed by atoms with Gasteiger partial charge in [0.1, 0.15) is 0 Å². The summed E-state index contributed by atoms with van der Waals surface area (Å²) in [6, 6.07) is 3.95. The quantitative estimate of drug-likeness (QED) is 0.658. The van der Waals surface area contributed by atoms with Crippen LogP contribution in [0.15, 0.2) is 18.3 Å². The van der Waals surface area contributed by atoms with Gasteiger partial charge in [0.25, 0.3) is 0 Å². The predicted octanol–water partition coefficient (Wildman–Crippen LogP) is 1.65. The summed E-state index contributed by atoms with van der Waals surface area (Å²) in [5.74, 6) is -0.0238. The number of nitrogens with zero attached hydrogens (tertiary/aromatic N) is 3. The van der Waals surface area contributed by atoms with Crippen LogP contribution in [0.2, 0.25) is 0 Å². The van der Waals surface area contributed by atoms with E-state index in [0.717, 1.165) is 12.1 Å². The molecule has 130 valence electrons. The van der Waals surface area contributed by atoms with Gasteiger partial charge in [-0.1, -0.05) is 13.8 Å². The molecule has 0 aliphatic carbocycles. The smallest absolute Gasteiger partial charge is 0.242 e. The molecule has 6 nitrogen and oxygen atoms in total. The summed E-state index contributed by atoms with van der Waals surface area (Å²) in [6.45, 7) is 6.09. The van der Waals surface area contributed by atoms with Gasteiger partial charge in [-0.05, 0) is 18.6 Å². The summed E-state index contributed by atoms with van der Waals surface area (Å²) in [7, 11) is 3.58. The van der Waals surface area contributed by atoms with Gasteiger partial charge in [0.2, 0.25) is 11.8 Å². The molecule has 0 aliphatic heterocycles. The summed E-state index contributed by atoms with van der Waals surface area (Å²) < 4.78 is 7.11. The van der Waals surface area contributed by atoms with Crippen LogP contribution in [-0.2, 0) is 27.9 Å². The molecule has 0 unspecified atom stereocenters. The lowest BCUT2D eigenvalue weighted by atomic mass is 10.3. The van der Waals surface area contributed by atoms with Crippen LogP contribution in [0.1, 0.15) is 32.4 Å². The summed E-state index contributed by atoms with van der Waals surface area (Å²) in [4.78, 5) is 28.0. The van der Waals surface area contributed by atoms with Crippen molar-refractivity contribution in [2.75, 3.05) is 33.4 Å². The first kappa shape index (κ1) is 19.2. The maximum Gasteiger partial charge on any atom is 0.242 e. The van der Waals surface area contributed by atoms with Gasteiger partial charge in [-0.15, -0.1) is 0 Å². The van der Waals surface area contributed by atoms with Gasteiger partial charge in [-0.2, -0.15) is 0 Å². The summed E-state index contributed by atoms with van der Waals surface area (Å²) in [6.07, 6.45) is 3.22. The van der Waals surface area contributed by atoms with Crippen molar-refractivity contribution < 1.29 is 14.3 Å². The van der Waals surface area contributed by atoms with Crippen molar-refractivity contribution in [3.63, 3.8) is 0 Å². The molecule has 0 N–H and O–H groups in total. The van der Waals surface area contributed by atoms with Crippen LogP contribution in [0.5, 0.6) is 0 Å². The van der Waals surface area contributed by atoms with Crippen LogP contribution in [0.4, 0.5) is 0 Å². The van der Waals surface area contributed by atoms with Gasteiger partial charge in [0, 0.05) is 45.6 Å². The van der Waals surface area contributed by atoms with Crippen LogP contribution < -0.4 is 0 Å². The Balaban J connectivity index is 2.77. The largest absolute Gasteiger partial charge is 0.383 e. The molecule has 23 heavy (non-hydrogen) atoms. The van der Waals surface area contributed by atoms with E-state index >= 15 is 0 Å². The molecule has 0 saturated carbocycles. The van der Waals surface area contributed by atoms with Crippen molar-refractivity contribution >= 4 is 11.8 Å². The molecule has 1 heterocycles. The van der Waals surface area contributed by atoms with E-state index < -0.39 is 0 Å². The van der Waals surface area contributed by atoms with Crippen LogP contribution in [0, 0.1) is 0 Å². The van der Waals surface area contributed by atoms with E-state index in [9.17, 15) is 9.59 Å². The Morgan fingerprint density at radius 3 is 2.43 bits per heavy atom. The van der Waals surface area contributed by atoms with Gasteiger partial charge in [-0.3, -0.25) is 9.59 Å². The van der Waals surface area contributed by atoms with Crippen molar-refractivity contribution in [3.05, 3.63) is 24.0 Å². The number of hydrogen-bond donors (Lipinski definition) is 0. The average Bonchev–Trinajstić information content (AvgIpc) is 2.94. The Labute approximate surface area is 139 Å². The second-order valence-electron chi connectivity index (χ2n) is 5.59. The van der Waals surface area contributed by atoms with E-state index in [1.54, 1.807) is 16.9 Å². The molecular weight excluding hydrogens is 294 g/mol. The molecule has 0 radical (unpaired) electrons. The number of carbonyl (C=O) groups excluding carboxylic acids is 2. The molecular formula is C17H29N3O3. The maximum atomic E-state index is 12.7. The van der Waals surface area contributed by atoms with E-state index in [1.807, 2.05) is 43.8 Å². The van der Waals surface area contributed by atoms with Crippen LogP contribution in [-0.4, -0.2) is 59.5 Å². The van der Waals surface area contributed by atoms with Gasteiger partial charge < -0.3 is 19.1 Å². The number of carbonyl (C=O) groups is 2. The molecule has 1 aromatic heterocycles. The van der Waals surface area contributed by atoms with Gasteiger partial charge >= 0.3 is 0 Å². The minimum absolute atomic E-state index is 0.0192. The number of ether oxygens (including phenoxy) is 1. The van der Waals surface area contributed by atoms with E-state index in [1.165, 1.54) is 0 Å². The highest BCUT2D eigenvalue weighted by Crippen LogP contribution is 2.07. The third-order valence-corrected chi connectivity index (χ3v) is 3.80. The number of amides is 2. The Hall–Kier alpha value is -1.82. The molecule has 0 aromatic carbocycles. The number of hydrogen-bond acceptors (Lipinski definition) is 3. The van der Waals surface area contributed by atoms with Crippen molar-refractivity contribution in [1.29, 1.82) is 0 Å². The molecule has 0 bridgehead atoms. The number of rotatable bonds is 10. The van der Waals surface area contributed by atoms with E-state index in [0.29, 0.717) is 32.7 Å². The van der Waals surface area contributed by atoms with Gasteiger partial charge in [-0.25, -0.2) is 0 Å². The second-order valence-corrected chi connectivity index (χ2v) is 5.59. The Morgan fingerprint density at radius 2 is 1.91 bits per heavy atom. The predicted molar refractivity (Wildman–Crippen MR) is 89.9 cm³/mol. The fourth-order valence-electron chi connectivity index (χ4n) is 2.40. The fourth-order valence-corrected chi connectivity index (χ4v) is 2.40. The summed E-state index contributed by atoms with van der Waals surface area (Å²) >= 11 is 0. The first-order valence-electron chi connectivity index (χ1n) is 8.18. The highest BCUT2D eigenvalue weighted by Gasteiger charge is 2.20. The molecule has 2 amide bonds. The molecule has 1 rings (SSSR count). The van der Waals surface area contributed by atoms with E-state index in [2.05, 4.69) is 0 Å². The van der Waals surface area contributed by atoms with Crippen LogP contribution >= 0.6 is 0 Å².